The average Bonchev–Trinajstić information content (AvgIpc) is 3.29. The Morgan fingerprint density at radius 1 is 1.26 bits per heavy atom. The van der Waals surface area contributed by atoms with Gasteiger partial charge in [-0.1, -0.05) is 38.1 Å². The van der Waals surface area contributed by atoms with Crippen LogP contribution in [0.25, 0.3) is 0 Å². The van der Waals surface area contributed by atoms with Gasteiger partial charge in [0.15, 0.2) is 0 Å². The Morgan fingerprint density at radius 3 is 2.62 bits per heavy atom. The molecule has 11 nitrogen and oxygen atoms in total. The molecule has 1 fully saturated rings. The number of hydrogen-bond donors (Lipinski definition) is 1. The van der Waals surface area contributed by atoms with Crippen molar-refractivity contribution in [2.24, 2.45) is 5.92 Å². The summed E-state index contributed by atoms with van der Waals surface area (Å²) in [5.41, 5.74) is 7.45. The maximum atomic E-state index is 12.2. The van der Waals surface area contributed by atoms with Crippen LogP contribution in [0.2, 0.25) is 0 Å². The van der Waals surface area contributed by atoms with E-state index in [0.29, 0.717) is 6.61 Å². The highest BCUT2D eigenvalue weighted by Crippen LogP contribution is 2.33. The smallest absolute Gasteiger partial charge is 0.353 e. The molecule has 0 atom stereocenters. The number of carbonyl (C=O) groups excluding carboxylic acids is 1. The van der Waals surface area contributed by atoms with Gasteiger partial charge in [0.2, 0.25) is 11.6 Å². The lowest BCUT2D eigenvalue weighted by molar-refractivity contribution is -0.383. The molecular formula is C23H32N6O5. The SMILES string of the molecule is COC(=O)CN(Cc1cccc(CN2CCCC2)c1)c1nc(OCC(C)C)nc(N)c1[N+](=O)[O-]. The molecule has 0 unspecified atom stereocenters. The van der Waals surface area contributed by atoms with Crippen LogP contribution in [0, 0.1) is 16.0 Å². The standard InChI is InChI=1S/C23H32N6O5/c1-16(2)15-34-23-25-21(24)20(29(31)32)22(26-23)28(14-19(30)33-3)13-18-8-6-7-17(11-18)12-27-9-4-5-10-27/h6-8,11,16H,4-5,9-10,12-15H2,1-3H3,(H2,24,25,26). The molecule has 0 amide bonds. The minimum Gasteiger partial charge on any atom is -0.468 e. The van der Waals surface area contributed by atoms with Gasteiger partial charge in [-0.25, -0.2) is 0 Å². The zero-order valence-corrected chi connectivity index (χ0v) is 19.9. The van der Waals surface area contributed by atoms with E-state index in [1.807, 2.05) is 32.0 Å². The molecule has 1 aromatic heterocycles. The van der Waals surface area contributed by atoms with Gasteiger partial charge in [-0.05, 0) is 43.0 Å². The lowest BCUT2D eigenvalue weighted by atomic mass is 10.1. The molecule has 11 heteroatoms. The van der Waals surface area contributed by atoms with Crippen LogP contribution in [0.3, 0.4) is 0 Å². The van der Waals surface area contributed by atoms with Gasteiger partial charge in [0, 0.05) is 13.1 Å². The molecule has 0 radical (unpaired) electrons. The van der Waals surface area contributed by atoms with Gasteiger partial charge in [-0.2, -0.15) is 9.97 Å². The van der Waals surface area contributed by atoms with E-state index in [1.165, 1.54) is 24.9 Å². The number of likely N-dealkylation sites (tertiary alicyclic amines) is 1. The van der Waals surface area contributed by atoms with Crippen LogP contribution in [0.4, 0.5) is 17.3 Å². The quantitative estimate of drug-likeness (QED) is 0.295. The van der Waals surface area contributed by atoms with E-state index >= 15 is 0 Å². The largest absolute Gasteiger partial charge is 0.468 e. The lowest BCUT2D eigenvalue weighted by Crippen LogP contribution is -2.32. The van der Waals surface area contributed by atoms with Crippen LogP contribution in [0.1, 0.15) is 37.8 Å². The highest BCUT2D eigenvalue weighted by Gasteiger charge is 2.29. The fourth-order valence-electron chi connectivity index (χ4n) is 3.81. The third kappa shape index (κ3) is 6.77. The third-order valence-corrected chi connectivity index (χ3v) is 5.42. The molecule has 2 N–H and O–H groups in total. The normalized spacial score (nSPS) is 13.8. The van der Waals surface area contributed by atoms with Gasteiger partial charge in [0.1, 0.15) is 6.54 Å². The monoisotopic (exact) mass is 472 g/mol. The predicted molar refractivity (Wildman–Crippen MR) is 127 cm³/mol. The number of ether oxygens (including phenoxy) is 2. The summed E-state index contributed by atoms with van der Waals surface area (Å²) in [6.45, 7) is 7.12. The topological polar surface area (TPSA) is 137 Å². The zero-order valence-electron chi connectivity index (χ0n) is 19.9. The number of nitrogens with two attached hydrogens (primary N) is 1. The molecule has 0 spiro atoms. The fourth-order valence-corrected chi connectivity index (χ4v) is 3.81. The molecule has 1 aliphatic rings. The first-order valence-corrected chi connectivity index (χ1v) is 11.3. The minimum atomic E-state index is -0.648. The Bertz CT molecular complexity index is 1010. The summed E-state index contributed by atoms with van der Waals surface area (Å²) >= 11 is 0. The van der Waals surface area contributed by atoms with Crippen LogP contribution < -0.4 is 15.4 Å². The van der Waals surface area contributed by atoms with Crippen LogP contribution in [-0.4, -0.2) is 59.1 Å². The highest BCUT2D eigenvalue weighted by molar-refractivity contribution is 5.78. The number of carbonyl (C=O) groups is 1. The van der Waals surface area contributed by atoms with Crippen molar-refractivity contribution in [3.05, 3.63) is 45.5 Å². The number of benzene rings is 1. The lowest BCUT2D eigenvalue weighted by Gasteiger charge is -2.23. The predicted octanol–water partition coefficient (Wildman–Crippen LogP) is 2.78. The zero-order chi connectivity index (χ0) is 24.7. The summed E-state index contributed by atoms with van der Waals surface area (Å²) in [4.78, 5) is 35.5. The minimum absolute atomic E-state index is 0.0792. The molecule has 0 bridgehead atoms. The molecular weight excluding hydrogens is 440 g/mol. The molecule has 0 aliphatic carbocycles. The van der Waals surface area contributed by atoms with Gasteiger partial charge >= 0.3 is 17.7 Å². The number of esters is 1. The van der Waals surface area contributed by atoms with Crippen molar-refractivity contribution in [3.8, 4) is 6.01 Å². The summed E-state index contributed by atoms with van der Waals surface area (Å²) in [7, 11) is 1.26. The van der Waals surface area contributed by atoms with Gasteiger partial charge in [-0.15, -0.1) is 0 Å². The van der Waals surface area contributed by atoms with Crippen molar-refractivity contribution in [1.82, 2.24) is 14.9 Å². The molecule has 1 aliphatic heterocycles. The van der Waals surface area contributed by atoms with Crippen LogP contribution in [0.15, 0.2) is 24.3 Å². The molecule has 2 heterocycles. The number of anilines is 2. The van der Waals surface area contributed by atoms with Crippen molar-refractivity contribution < 1.29 is 19.2 Å². The Labute approximate surface area is 199 Å². The van der Waals surface area contributed by atoms with Crippen molar-refractivity contribution in [1.29, 1.82) is 0 Å². The molecule has 2 aromatic rings. The maximum absolute atomic E-state index is 12.2. The Hall–Kier alpha value is -3.47. The first-order valence-electron chi connectivity index (χ1n) is 11.3. The average molecular weight is 473 g/mol. The molecule has 1 saturated heterocycles. The first-order chi connectivity index (χ1) is 16.3. The van der Waals surface area contributed by atoms with E-state index in [1.54, 1.807) is 0 Å². The number of nitrogens with zero attached hydrogens (tertiary/aromatic N) is 5. The van der Waals surface area contributed by atoms with Crippen molar-refractivity contribution >= 4 is 23.3 Å². The van der Waals surface area contributed by atoms with E-state index < -0.39 is 16.6 Å². The van der Waals surface area contributed by atoms with Crippen molar-refractivity contribution in [3.63, 3.8) is 0 Å². The molecule has 34 heavy (non-hydrogen) atoms. The van der Waals surface area contributed by atoms with E-state index in [9.17, 15) is 14.9 Å². The maximum Gasteiger partial charge on any atom is 0.353 e. The second-order valence-corrected chi connectivity index (χ2v) is 8.76. The summed E-state index contributed by atoms with van der Waals surface area (Å²) in [6.07, 6.45) is 2.40. The summed E-state index contributed by atoms with van der Waals surface area (Å²) in [5, 5.41) is 11.8. The van der Waals surface area contributed by atoms with Gasteiger partial charge in [0.05, 0.1) is 18.6 Å². The summed E-state index contributed by atoms with van der Waals surface area (Å²) in [5.74, 6) is -0.796. The van der Waals surface area contributed by atoms with Gasteiger partial charge in [0.25, 0.3) is 0 Å². The molecule has 0 saturated carbocycles. The Morgan fingerprint density at radius 2 is 1.97 bits per heavy atom. The van der Waals surface area contributed by atoms with Crippen LogP contribution >= 0.6 is 0 Å². The van der Waals surface area contributed by atoms with E-state index in [-0.39, 0.29) is 36.7 Å². The van der Waals surface area contributed by atoms with Gasteiger partial charge < -0.3 is 20.1 Å². The number of rotatable bonds is 11. The highest BCUT2D eigenvalue weighted by atomic mass is 16.6. The number of hydrogen-bond acceptors (Lipinski definition) is 10. The molecule has 3 rings (SSSR count). The first kappa shape index (κ1) is 25.2. The third-order valence-electron chi connectivity index (χ3n) is 5.42. The number of nitrogen functional groups attached to an aromatic ring is 1. The second kappa shape index (κ2) is 11.6. The van der Waals surface area contributed by atoms with Crippen LogP contribution in [-0.2, 0) is 22.6 Å². The van der Waals surface area contributed by atoms with E-state index in [0.717, 1.165) is 30.8 Å². The van der Waals surface area contributed by atoms with E-state index in [2.05, 4.69) is 20.9 Å². The number of aromatic nitrogens is 2. The number of nitro groups is 1. The molecule has 184 valence electrons. The Kier molecular flexibility index (Phi) is 8.58. The molecule has 1 aromatic carbocycles. The number of methoxy groups -OCH3 is 1. The summed E-state index contributed by atoms with van der Waals surface area (Å²) in [6, 6.07) is 7.86. The Balaban J connectivity index is 1.95. The fraction of sp³-hybridized carbons (Fsp3) is 0.522. The second-order valence-electron chi connectivity index (χ2n) is 8.76. The van der Waals surface area contributed by atoms with E-state index in [4.69, 9.17) is 15.2 Å². The van der Waals surface area contributed by atoms with Crippen molar-refractivity contribution in [2.45, 2.75) is 39.8 Å². The van der Waals surface area contributed by atoms with Gasteiger partial charge in [-0.3, -0.25) is 19.8 Å². The van der Waals surface area contributed by atoms with Crippen molar-refractivity contribution in [2.75, 3.05) is 44.0 Å². The van der Waals surface area contributed by atoms with Crippen LogP contribution in [0.5, 0.6) is 6.01 Å². The summed E-state index contributed by atoms with van der Waals surface area (Å²) < 4.78 is 10.4.